The number of hydrogen-bond donors (Lipinski definition) is 2. The van der Waals surface area contributed by atoms with Gasteiger partial charge in [0, 0.05) is 40.8 Å². The van der Waals surface area contributed by atoms with E-state index >= 15 is 0 Å². The Hall–Kier alpha value is -3.18. The van der Waals surface area contributed by atoms with Crippen molar-refractivity contribution in [2.75, 3.05) is 5.32 Å². The molecule has 1 aromatic heterocycles. The summed E-state index contributed by atoms with van der Waals surface area (Å²) in [4.78, 5) is 28.6. The molecule has 0 aliphatic carbocycles. The monoisotopic (exact) mass is 379 g/mol. The van der Waals surface area contributed by atoms with E-state index in [9.17, 15) is 9.59 Å². The first-order chi connectivity index (χ1) is 13.0. The van der Waals surface area contributed by atoms with Crippen molar-refractivity contribution in [1.29, 1.82) is 0 Å². The molecule has 2 N–H and O–H groups in total. The van der Waals surface area contributed by atoms with Gasteiger partial charge in [0.05, 0.1) is 0 Å². The van der Waals surface area contributed by atoms with E-state index in [1.54, 1.807) is 54.9 Å². The molecule has 0 atom stereocenters. The van der Waals surface area contributed by atoms with Crippen molar-refractivity contribution in [3.63, 3.8) is 0 Å². The second kappa shape index (κ2) is 8.47. The van der Waals surface area contributed by atoms with E-state index in [0.717, 1.165) is 11.1 Å². The number of carbonyl (C=O) groups excluding carboxylic acids is 2. The maximum atomic E-state index is 12.4. The van der Waals surface area contributed by atoms with Gasteiger partial charge in [-0.05, 0) is 66.6 Å². The fraction of sp³-hybridized carbons (Fsp3) is 0.0952. The van der Waals surface area contributed by atoms with E-state index in [2.05, 4.69) is 15.6 Å². The van der Waals surface area contributed by atoms with Crippen LogP contribution >= 0.6 is 11.6 Å². The second-order valence-corrected chi connectivity index (χ2v) is 6.47. The summed E-state index contributed by atoms with van der Waals surface area (Å²) in [6.07, 6.45) is 3.38. The molecule has 2 amide bonds. The molecule has 3 rings (SSSR count). The maximum absolute atomic E-state index is 12.4. The van der Waals surface area contributed by atoms with Gasteiger partial charge in [-0.1, -0.05) is 17.7 Å². The van der Waals surface area contributed by atoms with E-state index in [0.29, 0.717) is 28.4 Å². The topological polar surface area (TPSA) is 71.1 Å². The van der Waals surface area contributed by atoms with Crippen molar-refractivity contribution in [3.8, 4) is 0 Å². The van der Waals surface area contributed by atoms with Crippen LogP contribution < -0.4 is 10.6 Å². The maximum Gasteiger partial charge on any atom is 0.255 e. The first kappa shape index (κ1) is 18.6. The van der Waals surface area contributed by atoms with Gasteiger partial charge in [0.15, 0.2) is 0 Å². The van der Waals surface area contributed by atoms with Gasteiger partial charge < -0.3 is 10.6 Å². The zero-order valence-corrected chi connectivity index (χ0v) is 15.5. The number of amides is 2. The van der Waals surface area contributed by atoms with Crippen molar-refractivity contribution in [3.05, 3.63) is 94.3 Å². The number of nitrogens with one attached hydrogen (secondary N) is 2. The second-order valence-electron chi connectivity index (χ2n) is 6.03. The van der Waals surface area contributed by atoms with Crippen LogP contribution in [0.25, 0.3) is 0 Å². The van der Waals surface area contributed by atoms with E-state index in [1.807, 2.05) is 19.1 Å². The molecule has 0 aliphatic heterocycles. The normalized spacial score (nSPS) is 10.3. The largest absolute Gasteiger partial charge is 0.348 e. The number of halogens is 1. The molecule has 0 radical (unpaired) electrons. The minimum atomic E-state index is -0.247. The molecule has 1 heterocycles. The van der Waals surface area contributed by atoms with Crippen molar-refractivity contribution in [2.24, 2.45) is 0 Å². The van der Waals surface area contributed by atoms with E-state index < -0.39 is 0 Å². The molecule has 0 spiro atoms. The number of benzene rings is 2. The Bertz CT molecular complexity index is 957. The van der Waals surface area contributed by atoms with Gasteiger partial charge in [0.1, 0.15) is 0 Å². The summed E-state index contributed by atoms with van der Waals surface area (Å²) in [6, 6.07) is 15.5. The van der Waals surface area contributed by atoms with E-state index in [4.69, 9.17) is 11.6 Å². The van der Waals surface area contributed by atoms with Crippen LogP contribution in [0.15, 0.2) is 67.0 Å². The highest BCUT2D eigenvalue weighted by atomic mass is 35.5. The summed E-state index contributed by atoms with van der Waals surface area (Å²) >= 11 is 5.93. The Morgan fingerprint density at radius 3 is 2.33 bits per heavy atom. The Morgan fingerprint density at radius 2 is 1.70 bits per heavy atom. The fourth-order valence-corrected chi connectivity index (χ4v) is 2.75. The molecule has 2 aromatic carbocycles. The smallest absolute Gasteiger partial charge is 0.255 e. The van der Waals surface area contributed by atoms with Crippen LogP contribution in [0, 0.1) is 6.92 Å². The van der Waals surface area contributed by atoms with Crippen molar-refractivity contribution >= 4 is 29.1 Å². The summed E-state index contributed by atoms with van der Waals surface area (Å²) in [6.45, 7) is 2.27. The third-order valence-corrected chi connectivity index (χ3v) is 4.26. The van der Waals surface area contributed by atoms with Gasteiger partial charge in [-0.3, -0.25) is 14.6 Å². The first-order valence-corrected chi connectivity index (χ1v) is 8.75. The molecule has 136 valence electrons. The van der Waals surface area contributed by atoms with E-state index in [1.165, 1.54) is 0 Å². The molecule has 6 heteroatoms. The van der Waals surface area contributed by atoms with Crippen molar-refractivity contribution in [1.82, 2.24) is 10.3 Å². The lowest BCUT2D eigenvalue weighted by atomic mass is 10.1. The van der Waals surface area contributed by atoms with Gasteiger partial charge >= 0.3 is 0 Å². The van der Waals surface area contributed by atoms with Gasteiger partial charge in [-0.25, -0.2) is 0 Å². The third kappa shape index (κ3) is 4.92. The minimum Gasteiger partial charge on any atom is -0.348 e. The Labute approximate surface area is 162 Å². The standard InChI is InChI=1S/C21H18ClN3O2/c1-14-11-18(22)8-9-19(14)25-21(27)17-6-4-16(5-7-17)20(26)24-13-15-3-2-10-23-12-15/h2-12H,13H2,1H3,(H,24,26)(H,25,27). The Morgan fingerprint density at radius 1 is 1.00 bits per heavy atom. The first-order valence-electron chi connectivity index (χ1n) is 8.37. The summed E-state index contributed by atoms with van der Waals surface area (Å²) in [5, 5.41) is 6.29. The molecule has 0 unspecified atom stereocenters. The minimum absolute atomic E-state index is 0.209. The molecule has 5 nitrogen and oxygen atoms in total. The highest BCUT2D eigenvalue weighted by Gasteiger charge is 2.10. The van der Waals surface area contributed by atoms with Crippen LogP contribution in [0.4, 0.5) is 5.69 Å². The summed E-state index contributed by atoms with van der Waals surface area (Å²) in [5.74, 6) is -0.456. The average molecular weight is 380 g/mol. The number of nitrogens with zero attached hydrogens (tertiary/aromatic N) is 1. The lowest BCUT2D eigenvalue weighted by molar-refractivity contribution is 0.0949. The summed E-state index contributed by atoms with van der Waals surface area (Å²) < 4.78 is 0. The molecular weight excluding hydrogens is 362 g/mol. The van der Waals surface area contributed by atoms with Crippen LogP contribution in [-0.4, -0.2) is 16.8 Å². The molecule has 0 saturated carbocycles. The lowest BCUT2D eigenvalue weighted by Crippen LogP contribution is -2.23. The quantitative estimate of drug-likeness (QED) is 0.697. The highest BCUT2D eigenvalue weighted by molar-refractivity contribution is 6.30. The van der Waals surface area contributed by atoms with Crippen LogP contribution in [0.3, 0.4) is 0 Å². The number of aryl methyl sites for hydroxylation is 1. The average Bonchev–Trinajstić information content (AvgIpc) is 2.69. The molecular formula is C21H18ClN3O2. The predicted molar refractivity (Wildman–Crippen MR) is 106 cm³/mol. The number of carbonyl (C=O) groups is 2. The third-order valence-electron chi connectivity index (χ3n) is 4.02. The van der Waals surface area contributed by atoms with Crippen LogP contribution in [-0.2, 0) is 6.54 Å². The number of pyridine rings is 1. The summed E-state index contributed by atoms with van der Waals surface area (Å²) in [7, 11) is 0. The Balaban J connectivity index is 1.62. The SMILES string of the molecule is Cc1cc(Cl)ccc1NC(=O)c1ccc(C(=O)NCc2cccnc2)cc1. The van der Waals surface area contributed by atoms with Crippen LogP contribution in [0.2, 0.25) is 5.02 Å². The molecule has 0 fully saturated rings. The number of anilines is 1. The molecule has 27 heavy (non-hydrogen) atoms. The van der Waals surface area contributed by atoms with Gasteiger partial charge in [0.2, 0.25) is 0 Å². The zero-order valence-electron chi connectivity index (χ0n) is 14.7. The Kier molecular flexibility index (Phi) is 5.84. The number of aromatic nitrogens is 1. The lowest BCUT2D eigenvalue weighted by Gasteiger charge is -2.09. The van der Waals surface area contributed by atoms with Gasteiger partial charge in [0.25, 0.3) is 11.8 Å². The number of rotatable bonds is 5. The van der Waals surface area contributed by atoms with Gasteiger partial charge in [-0.2, -0.15) is 0 Å². The van der Waals surface area contributed by atoms with Gasteiger partial charge in [-0.15, -0.1) is 0 Å². The predicted octanol–water partition coefficient (Wildman–Crippen LogP) is 4.23. The number of hydrogen-bond acceptors (Lipinski definition) is 3. The molecule has 3 aromatic rings. The molecule has 0 saturated heterocycles. The fourth-order valence-electron chi connectivity index (χ4n) is 2.52. The summed E-state index contributed by atoms with van der Waals surface area (Å²) in [5.41, 5.74) is 3.44. The van der Waals surface area contributed by atoms with Crippen LogP contribution in [0.1, 0.15) is 31.8 Å². The van der Waals surface area contributed by atoms with Crippen molar-refractivity contribution < 1.29 is 9.59 Å². The van der Waals surface area contributed by atoms with E-state index in [-0.39, 0.29) is 11.8 Å². The molecule has 0 aliphatic rings. The highest BCUT2D eigenvalue weighted by Crippen LogP contribution is 2.20. The molecule has 0 bridgehead atoms. The zero-order chi connectivity index (χ0) is 19.2. The van der Waals surface area contributed by atoms with Crippen LogP contribution in [0.5, 0.6) is 0 Å². The van der Waals surface area contributed by atoms with Crippen molar-refractivity contribution in [2.45, 2.75) is 13.5 Å².